The average Bonchev–Trinajstić information content (AvgIpc) is 3.40. The first kappa shape index (κ1) is 19.7. The van der Waals surface area contributed by atoms with Crippen LogP contribution in [-0.2, 0) is 10.2 Å². The van der Waals surface area contributed by atoms with Crippen molar-refractivity contribution < 1.29 is 14.3 Å². The first-order valence-electron chi connectivity index (χ1n) is 10.8. The van der Waals surface area contributed by atoms with Gasteiger partial charge in [0.25, 0.3) is 0 Å². The Labute approximate surface area is 183 Å². The standard InChI is InChI=1S/C27H27NO3/c1-16-11-18(3)25(19(4)12-16)22-14-21(7-5-17(22)2)28-26(29)27(9-10-27)20-6-8-23-24(13-20)31-15-30-23/h5-8,11-14H,9-10,15H2,1-4H3,(H,28,29). The van der Waals surface area contributed by atoms with E-state index >= 15 is 0 Å². The number of amides is 1. The van der Waals surface area contributed by atoms with Crippen LogP contribution in [0.5, 0.6) is 11.5 Å². The molecule has 5 rings (SSSR count). The van der Waals surface area contributed by atoms with Gasteiger partial charge in [-0.1, -0.05) is 29.8 Å². The molecule has 31 heavy (non-hydrogen) atoms. The van der Waals surface area contributed by atoms with E-state index in [9.17, 15) is 4.79 Å². The Bertz CT molecular complexity index is 1180. The topological polar surface area (TPSA) is 47.6 Å². The Kier molecular flexibility index (Phi) is 4.54. The normalized spacial score (nSPS) is 15.6. The van der Waals surface area contributed by atoms with Crippen LogP contribution in [0.1, 0.15) is 40.7 Å². The van der Waals surface area contributed by atoms with E-state index in [0.717, 1.165) is 35.6 Å². The number of rotatable bonds is 4. The second-order valence-electron chi connectivity index (χ2n) is 8.91. The van der Waals surface area contributed by atoms with Gasteiger partial charge in [0, 0.05) is 5.69 Å². The van der Waals surface area contributed by atoms with Crippen molar-refractivity contribution in [2.45, 2.75) is 46.0 Å². The molecule has 0 bridgehead atoms. The summed E-state index contributed by atoms with van der Waals surface area (Å²) in [6.45, 7) is 8.78. The van der Waals surface area contributed by atoms with E-state index in [4.69, 9.17) is 9.47 Å². The molecule has 1 fully saturated rings. The third-order valence-electron chi connectivity index (χ3n) is 6.55. The summed E-state index contributed by atoms with van der Waals surface area (Å²) in [4.78, 5) is 13.3. The number of ether oxygens (including phenoxy) is 2. The Morgan fingerprint density at radius 3 is 2.26 bits per heavy atom. The second kappa shape index (κ2) is 7.16. The van der Waals surface area contributed by atoms with E-state index in [1.807, 2.05) is 24.3 Å². The Balaban J connectivity index is 1.45. The highest BCUT2D eigenvalue weighted by Gasteiger charge is 2.51. The molecule has 2 aliphatic rings. The summed E-state index contributed by atoms with van der Waals surface area (Å²) in [5.74, 6) is 1.50. The van der Waals surface area contributed by atoms with Gasteiger partial charge < -0.3 is 14.8 Å². The minimum absolute atomic E-state index is 0.0403. The maximum atomic E-state index is 13.3. The lowest BCUT2D eigenvalue weighted by Gasteiger charge is -2.19. The van der Waals surface area contributed by atoms with E-state index in [2.05, 4.69) is 57.3 Å². The first-order valence-corrected chi connectivity index (χ1v) is 10.8. The van der Waals surface area contributed by atoms with E-state index in [-0.39, 0.29) is 12.7 Å². The van der Waals surface area contributed by atoms with Crippen LogP contribution in [-0.4, -0.2) is 12.7 Å². The van der Waals surface area contributed by atoms with Crippen molar-refractivity contribution in [2.24, 2.45) is 0 Å². The molecule has 0 saturated heterocycles. The smallest absolute Gasteiger partial charge is 0.235 e. The number of hydrogen-bond donors (Lipinski definition) is 1. The van der Waals surface area contributed by atoms with Crippen molar-refractivity contribution in [3.63, 3.8) is 0 Å². The van der Waals surface area contributed by atoms with Crippen molar-refractivity contribution >= 4 is 11.6 Å². The van der Waals surface area contributed by atoms with Crippen LogP contribution in [0.15, 0.2) is 48.5 Å². The molecule has 4 heteroatoms. The Morgan fingerprint density at radius 1 is 0.839 bits per heavy atom. The third-order valence-corrected chi connectivity index (χ3v) is 6.55. The average molecular weight is 414 g/mol. The largest absolute Gasteiger partial charge is 0.454 e. The summed E-state index contributed by atoms with van der Waals surface area (Å²) in [6.07, 6.45) is 1.68. The number of carbonyl (C=O) groups excluding carboxylic acids is 1. The molecular formula is C27H27NO3. The van der Waals surface area contributed by atoms with Crippen LogP contribution < -0.4 is 14.8 Å². The van der Waals surface area contributed by atoms with E-state index in [1.165, 1.54) is 33.4 Å². The quantitative estimate of drug-likeness (QED) is 0.572. The lowest BCUT2D eigenvalue weighted by atomic mass is 9.90. The SMILES string of the molecule is Cc1cc(C)c(-c2cc(NC(=O)C3(c4ccc5c(c4)OCO5)CC3)ccc2C)c(C)c1. The number of nitrogens with one attached hydrogen (secondary N) is 1. The highest BCUT2D eigenvalue weighted by molar-refractivity contribution is 6.02. The van der Waals surface area contributed by atoms with Crippen LogP contribution >= 0.6 is 0 Å². The van der Waals surface area contributed by atoms with E-state index in [1.54, 1.807) is 0 Å². The van der Waals surface area contributed by atoms with Gasteiger partial charge in [-0.25, -0.2) is 0 Å². The molecule has 0 atom stereocenters. The molecule has 0 unspecified atom stereocenters. The fourth-order valence-corrected chi connectivity index (χ4v) is 4.79. The second-order valence-corrected chi connectivity index (χ2v) is 8.91. The molecule has 1 amide bonds. The third kappa shape index (κ3) is 3.36. The van der Waals surface area contributed by atoms with Gasteiger partial charge in [0.15, 0.2) is 11.5 Å². The molecule has 3 aromatic carbocycles. The van der Waals surface area contributed by atoms with E-state index in [0.29, 0.717) is 0 Å². The first-order chi connectivity index (χ1) is 14.9. The molecule has 1 saturated carbocycles. The molecule has 0 radical (unpaired) electrons. The monoisotopic (exact) mass is 413 g/mol. The minimum Gasteiger partial charge on any atom is -0.454 e. The number of carbonyl (C=O) groups is 1. The van der Waals surface area contributed by atoms with Crippen LogP contribution in [0.2, 0.25) is 0 Å². The van der Waals surface area contributed by atoms with Crippen LogP contribution in [0.3, 0.4) is 0 Å². The van der Waals surface area contributed by atoms with Gasteiger partial charge >= 0.3 is 0 Å². The fraction of sp³-hybridized carbons (Fsp3) is 0.296. The summed E-state index contributed by atoms with van der Waals surface area (Å²) in [6, 6.07) is 16.5. The predicted octanol–water partition coefficient (Wildman–Crippen LogP) is 5.99. The van der Waals surface area contributed by atoms with Gasteiger partial charge in [-0.15, -0.1) is 0 Å². The van der Waals surface area contributed by atoms with Crippen LogP contribution in [0.25, 0.3) is 11.1 Å². The van der Waals surface area contributed by atoms with Crippen molar-refractivity contribution in [1.29, 1.82) is 0 Å². The maximum Gasteiger partial charge on any atom is 0.235 e. The number of aryl methyl sites for hydroxylation is 4. The lowest BCUT2D eigenvalue weighted by Crippen LogP contribution is -2.27. The van der Waals surface area contributed by atoms with Gasteiger partial charge in [0.2, 0.25) is 12.7 Å². The molecule has 0 aromatic heterocycles. The fourth-order valence-electron chi connectivity index (χ4n) is 4.79. The number of fused-ring (bicyclic) bond motifs is 1. The zero-order valence-corrected chi connectivity index (χ0v) is 18.5. The van der Waals surface area contributed by atoms with Crippen molar-refractivity contribution in [3.05, 3.63) is 76.3 Å². The molecule has 1 heterocycles. The van der Waals surface area contributed by atoms with Crippen molar-refractivity contribution in [1.82, 2.24) is 0 Å². The Morgan fingerprint density at radius 2 is 1.55 bits per heavy atom. The summed E-state index contributed by atoms with van der Waals surface area (Å²) in [5.41, 5.74) is 8.72. The molecule has 1 N–H and O–H groups in total. The van der Waals surface area contributed by atoms with Gasteiger partial charge in [-0.3, -0.25) is 4.79 Å². The number of hydrogen-bond acceptors (Lipinski definition) is 3. The van der Waals surface area contributed by atoms with Crippen molar-refractivity contribution in [3.8, 4) is 22.6 Å². The van der Waals surface area contributed by atoms with Gasteiger partial charge in [0.05, 0.1) is 5.41 Å². The molecule has 1 aliphatic heterocycles. The van der Waals surface area contributed by atoms with Crippen LogP contribution in [0.4, 0.5) is 5.69 Å². The van der Waals surface area contributed by atoms with Gasteiger partial charge in [0.1, 0.15) is 0 Å². The molecular weight excluding hydrogens is 386 g/mol. The summed E-state index contributed by atoms with van der Waals surface area (Å²) < 4.78 is 10.9. The predicted molar refractivity (Wildman–Crippen MR) is 123 cm³/mol. The molecule has 3 aromatic rings. The highest BCUT2D eigenvalue weighted by atomic mass is 16.7. The van der Waals surface area contributed by atoms with Gasteiger partial charge in [-0.05, 0) is 98.2 Å². The van der Waals surface area contributed by atoms with E-state index < -0.39 is 5.41 Å². The highest BCUT2D eigenvalue weighted by Crippen LogP contribution is 2.51. The zero-order chi connectivity index (χ0) is 21.8. The lowest BCUT2D eigenvalue weighted by molar-refractivity contribution is -0.118. The van der Waals surface area contributed by atoms with Crippen LogP contribution in [0, 0.1) is 27.7 Å². The molecule has 1 aliphatic carbocycles. The minimum atomic E-state index is -0.484. The molecule has 0 spiro atoms. The van der Waals surface area contributed by atoms with Crippen molar-refractivity contribution in [2.75, 3.05) is 12.1 Å². The van der Waals surface area contributed by atoms with Gasteiger partial charge in [-0.2, -0.15) is 0 Å². The summed E-state index contributed by atoms with van der Waals surface area (Å²) in [7, 11) is 0. The Hall–Kier alpha value is -3.27. The maximum absolute atomic E-state index is 13.3. The summed E-state index contributed by atoms with van der Waals surface area (Å²) >= 11 is 0. The summed E-state index contributed by atoms with van der Waals surface area (Å²) in [5, 5.41) is 3.19. The number of benzene rings is 3. The number of anilines is 1. The molecule has 4 nitrogen and oxygen atoms in total. The zero-order valence-electron chi connectivity index (χ0n) is 18.5. The molecule has 158 valence electrons.